The molecule has 21 heavy (non-hydrogen) atoms. The van der Waals surface area contributed by atoms with E-state index < -0.39 is 0 Å². The summed E-state index contributed by atoms with van der Waals surface area (Å²) in [6.07, 6.45) is 0. The number of aryl methyl sites for hydroxylation is 1. The average Bonchev–Trinajstić information content (AvgIpc) is 2.84. The number of carbonyl (C=O) groups is 1. The van der Waals surface area contributed by atoms with E-state index in [1.807, 2.05) is 39.0 Å². The Bertz CT molecular complexity index is 632. The van der Waals surface area contributed by atoms with E-state index >= 15 is 0 Å². The minimum absolute atomic E-state index is 0.0350. The minimum Gasteiger partial charge on any atom is -0.346 e. The number of amides is 1. The summed E-state index contributed by atoms with van der Waals surface area (Å²) in [5, 5.41) is 3.01. The molecule has 1 aromatic heterocycles. The van der Waals surface area contributed by atoms with Gasteiger partial charge in [0.15, 0.2) is 0 Å². The van der Waals surface area contributed by atoms with Crippen LogP contribution in [0.2, 0.25) is 0 Å². The van der Waals surface area contributed by atoms with E-state index in [-0.39, 0.29) is 23.9 Å². The Morgan fingerprint density at radius 3 is 2.62 bits per heavy atom. The SMILES string of the molecule is CCn1c(C(C)NC(=O)C(C)C(C)N)nc2ccccc21. The Morgan fingerprint density at radius 2 is 2.00 bits per heavy atom. The van der Waals surface area contributed by atoms with Gasteiger partial charge in [-0.15, -0.1) is 0 Å². The highest BCUT2D eigenvalue weighted by atomic mass is 16.2. The van der Waals surface area contributed by atoms with Gasteiger partial charge in [-0.05, 0) is 32.9 Å². The van der Waals surface area contributed by atoms with Crippen molar-refractivity contribution in [3.63, 3.8) is 0 Å². The van der Waals surface area contributed by atoms with E-state index in [9.17, 15) is 4.79 Å². The molecule has 1 amide bonds. The van der Waals surface area contributed by atoms with Gasteiger partial charge in [-0.2, -0.15) is 0 Å². The van der Waals surface area contributed by atoms with Crippen molar-refractivity contribution in [3.05, 3.63) is 30.1 Å². The molecule has 3 unspecified atom stereocenters. The standard InChI is InChI=1S/C16H24N4O/c1-5-20-14-9-7-6-8-13(14)19-15(20)12(4)18-16(21)10(2)11(3)17/h6-12H,5,17H2,1-4H3,(H,18,21). The highest BCUT2D eigenvalue weighted by molar-refractivity contribution is 5.80. The van der Waals surface area contributed by atoms with Crippen LogP contribution in [-0.4, -0.2) is 21.5 Å². The average molecular weight is 288 g/mol. The monoisotopic (exact) mass is 288 g/mol. The normalized spacial score (nSPS) is 15.7. The van der Waals surface area contributed by atoms with Crippen molar-refractivity contribution in [1.29, 1.82) is 0 Å². The molecule has 3 N–H and O–H groups in total. The number of nitrogens with one attached hydrogen (secondary N) is 1. The van der Waals surface area contributed by atoms with Crippen LogP contribution < -0.4 is 11.1 Å². The maximum Gasteiger partial charge on any atom is 0.224 e. The number of rotatable bonds is 5. The number of hydrogen-bond donors (Lipinski definition) is 2. The maximum absolute atomic E-state index is 12.2. The number of imidazole rings is 1. The molecule has 5 nitrogen and oxygen atoms in total. The van der Waals surface area contributed by atoms with E-state index in [4.69, 9.17) is 5.73 Å². The lowest BCUT2D eigenvalue weighted by Crippen LogP contribution is -2.40. The molecule has 0 aliphatic carbocycles. The second kappa shape index (κ2) is 6.26. The van der Waals surface area contributed by atoms with Gasteiger partial charge >= 0.3 is 0 Å². The first kappa shape index (κ1) is 15.5. The summed E-state index contributed by atoms with van der Waals surface area (Å²) in [4.78, 5) is 16.8. The Labute approximate surface area is 125 Å². The molecule has 0 spiro atoms. The smallest absolute Gasteiger partial charge is 0.224 e. The molecule has 1 heterocycles. The minimum atomic E-state index is -0.216. The molecule has 1 aromatic carbocycles. The summed E-state index contributed by atoms with van der Waals surface area (Å²) in [7, 11) is 0. The van der Waals surface area contributed by atoms with Crippen molar-refractivity contribution in [2.45, 2.75) is 46.3 Å². The fraction of sp³-hybridized carbons (Fsp3) is 0.500. The molecule has 5 heteroatoms. The molecule has 2 rings (SSSR count). The van der Waals surface area contributed by atoms with Gasteiger partial charge in [-0.3, -0.25) is 4.79 Å². The van der Waals surface area contributed by atoms with Gasteiger partial charge in [-0.1, -0.05) is 19.1 Å². The summed E-state index contributed by atoms with van der Waals surface area (Å²) < 4.78 is 2.14. The van der Waals surface area contributed by atoms with E-state index in [1.165, 1.54) is 0 Å². The lowest BCUT2D eigenvalue weighted by Gasteiger charge is -2.20. The van der Waals surface area contributed by atoms with Gasteiger partial charge in [0, 0.05) is 18.5 Å². The third-order valence-electron chi connectivity index (χ3n) is 3.95. The zero-order valence-corrected chi connectivity index (χ0v) is 13.1. The molecule has 2 aromatic rings. The topological polar surface area (TPSA) is 72.9 Å². The highest BCUT2D eigenvalue weighted by Gasteiger charge is 2.22. The van der Waals surface area contributed by atoms with Crippen molar-refractivity contribution in [2.24, 2.45) is 11.7 Å². The third kappa shape index (κ3) is 3.08. The van der Waals surface area contributed by atoms with Crippen LogP contribution in [0.3, 0.4) is 0 Å². The molecule has 0 bridgehead atoms. The number of nitrogens with two attached hydrogens (primary N) is 1. The fourth-order valence-electron chi connectivity index (χ4n) is 2.41. The first-order valence-electron chi connectivity index (χ1n) is 7.46. The van der Waals surface area contributed by atoms with Crippen LogP contribution in [0.15, 0.2) is 24.3 Å². The summed E-state index contributed by atoms with van der Waals surface area (Å²) in [6, 6.07) is 7.70. The number of fused-ring (bicyclic) bond motifs is 1. The first-order valence-corrected chi connectivity index (χ1v) is 7.46. The van der Waals surface area contributed by atoms with Gasteiger partial charge in [0.05, 0.1) is 17.1 Å². The van der Waals surface area contributed by atoms with Crippen molar-refractivity contribution < 1.29 is 4.79 Å². The molecule has 0 aliphatic rings. The van der Waals surface area contributed by atoms with Crippen molar-refractivity contribution in [1.82, 2.24) is 14.9 Å². The number of hydrogen-bond acceptors (Lipinski definition) is 3. The van der Waals surface area contributed by atoms with Gasteiger partial charge in [0.2, 0.25) is 5.91 Å². The van der Waals surface area contributed by atoms with Gasteiger partial charge in [0.1, 0.15) is 5.82 Å². The predicted molar refractivity (Wildman–Crippen MR) is 84.8 cm³/mol. The summed E-state index contributed by atoms with van der Waals surface area (Å²) >= 11 is 0. The Kier molecular flexibility index (Phi) is 4.63. The van der Waals surface area contributed by atoms with E-state index in [0.717, 1.165) is 23.4 Å². The Morgan fingerprint density at radius 1 is 1.33 bits per heavy atom. The summed E-state index contributed by atoms with van der Waals surface area (Å²) in [5.41, 5.74) is 7.84. The van der Waals surface area contributed by atoms with Crippen LogP contribution in [0.5, 0.6) is 0 Å². The van der Waals surface area contributed by atoms with Crippen LogP contribution in [0, 0.1) is 5.92 Å². The Hall–Kier alpha value is -1.88. The third-order valence-corrected chi connectivity index (χ3v) is 3.95. The molecule has 0 fully saturated rings. The van der Waals surface area contributed by atoms with Gasteiger partial charge < -0.3 is 15.6 Å². The number of benzene rings is 1. The predicted octanol–water partition coefficient (Wildman–Crippen LogP) is 2.22. The molecule has 0 radical (unpaired) electrons. The molecular formula is C16H24N4O. The zero-order valence-electron chi connectivity index (χ0n) is 13.1. The van der Waals surface area contributed by atoms with Gasteiger partial charge in [-0.25, -0.2) is 4.98 Å². The van der Waals surface area contributed by atoms with Crippen molar-refractivity contribution in [2.75, 3.05) is 0 Å². The van der Waals surface area contributed by atoms with E-state index in [2.05, 4.69) is 27.9 Å². The largest absolute Gasteiger partial charge is 0.346 e. The summed E-state index contributed by atoms with van der Waals surface area (Å²) in [5.74, 6) is 0.628. The second-order valence-corrected chi connectivity index (χ2v) is 5.58. The van der Waals surface area contributed by atoms with Crippen molar-refractivity contribution >= 4 is 16.9 Å². The van der Waals surface area contributed by atoms with Crippen molar-refractivity contribution in [3.8, 4) is 0 Å². The van der Waals surface area contributed by atoms with Crippen LogP contribution in [0.1, 0.15) is 39.6 Å². The first-order chi connectivity index (χ1) is 9.95. The fourth-order valence-corrected chi connectivity index (χ4v) is 2.41. The van der Waals surface area contributed by atoms with Crippen LogP contribution in [0.4, 0.5) is 0 Å². The number of nitrogens with zero attached hydrogens (tertiary/aromatic N) is 2. The lowest BCUT2D eigenvalue weighted by molar-refractivity contribution is -0.125. The van der Waals surface area contributed by atoms with E-state index in [0.29, 0.717) is 0 Å². The Balaban J connectivity index is 2.27. The maximum atomic E-state index is 12.2. The second-order valence-electron chi connectivity index (χ2n) is 5.58. The van der Waals surface area contributed by atoms with Crippen LogP contribution in [0.25, 0.3) is 11.0 Å². The lowest BCUT2D eigenvalue weighted by atomic mass is 10.0. The van der Waals surface area contributed by atoms with Crippen LogP contribution >= 0.6 is 0 Å². The number of aromatic nitrogens is 2. The molecule has 0 saturated heterocycles. The molecule has 0 saturated carbocycles. The molecular weight excluding hydrogens is 264 g/mol. The number of carbonyl (C=O) groups excluding carboxylic acids is 1. The molecule has 3 atom stereocenters. The molecule has 114 valence electrons. The number of para-hydroxylation sites is 2. The van der Waals surface area contributed by atoms with E-state index in [1.54, 1.807) is 0 Å². The van der Waals surface area contributed by atoms with Gasteiger partial charge in [0.25, 0.3) is 0 Å². The summed E-state index contributed by atoms with van der Waals surface area (Å²) in [6.45, 7) is 8.54. The van der Waals surface area contributed by atoms with Crippen LogP contribution in [-0.2, 0) is 11.3 Å². The quantitative estimate of drug-likeness (QED) is 0.886. The highest BCUT2D eigenvalue weighted by Crippen LogP contribution is 2.21. The molecule has 0 aliphatic heterocycles. The zero-order chi connectivity index (χ0) is 15.6.